The number of rotatable bonds is 1. The van der Waals surface area contributed by atoms with Gasteiger partial charge in [-0.1, -0.05) is 18.2 Å². The summed E-state index contributed by atoms with van der Waals surface area (Å²) in [6.07, 6.45) is 1.62. The molecule has 0 N–H and O–H groups in total. The van der Waals surface area contributed by atoms with Crippen LogP contribution in [0.5, 0.6) is 0 Å². The van der Waals surface area contributed by atoms with Crippen LogP contribution in [0.4, 0.5) is 0 Å². The van der Waals surface area contributed by atoms with E-state index in [2.05, 4.69) is 9.97 Å². The molecule has 0 atom stereocenters. The third-order valence-corrected chi connectivity index (χ3v) is 3.21. The smallest absolute Gasteiger partial charge is 0.227 e. The highest BCUT2D eigenvalue weighted by Gasteiger charge is 2.17. The molecular weight excluding hydrogens is 250 g/mol. The molecule has 0 aliphatic rings. The lowest BCUT2D eigenvalue weighted by Gasteiger charge is -2.02. The minimum atomic E-state index is -2.61. The lowest BCUT2D eigenvalue weighted by Crippen LogP contribution is -1.89. The Balaban J connectivity index is 2.19. The van der Waals surface area contributed by atoms with Crippen LogP contribution in [-0.4, -0.2) is 14.4 Å². The molecule has 4 nitrogen and oxygen atoms in total. The summed E-state index contributed by atoms with van der Waals surface area (Å²) in [7, 11) is 0. The van der Waals surface area contributed by atoms with Gasteiger partial charge < -0.3 is 4.42 Å². The maximum Gasteiger partial charge on any atom is 0.227 e. The van der Waals surface area contributed by atoms with E-state index in [1.165, 1.54) is 4.40 Å². The molecule has 3 heterocycles. The molecular formula is C16H13N3O. The van der Waals surface area contributed by atoms with Gasteiger partial charge in [-0.05, 0) is 31.9 Å². The number of hydrogen-bond donors (Lipinski definition) is 0. The van der Waals surface area contributed by atoms with Crippen LogP contribution in [0.1, 0.15) is 19.7 Å². The molecule has 98 valence electrons. The molecule has 0 saturated carbocycles. The van der Waals surface area contributed by atoms with Crippen LogP contribution in [0, 0.1) is 13.7 Å². The van der Waals surface area contributed by atoms with Crippen molar-refractivity contribution < 1.29 is 12.6 Å². The molecule has 4 aromatic rings. The first-order valence-corrected chi connectivity index (χ1v) is 6.04. The van der Waals surface area contributed by atoms with Crippen molar-refractivity contribution in [3.63, 3.8) is 0 Å². The van der Waals surface area contributed by atoms with E-state index in [0.29, 0.717) is 22.4 Å². The number of fused-ring (bicyclic) bond motifs is 3. The Labute approximate surface area is 124 Å². The van der Waals surface area contributed by atoms with Gasteiger partial charge in [0.2, 0.25) is 5.71 Å². The maximum absolute atomic E-state index is 7.77. The van der Waals surface area contributed by atoms with Crippen molar-refractivity contribution in [3.05, 3.63) is 54.1 Å². The van der Waals surface area contributed by atoms with Gasteiger partial charge in [-0.25, -0.2) is 4.98 Å². The zero-order valence-electron chi connectivity index (χ0n) is 16.3. The Bertz CT molecular complexity index is 1110. The molecule has 0 fully saturated rings. The van der Waals surface area contributed by atoms with Crippen LogP contribution in [0.25, 0.3) is 28.1 Å². The molecule has 0 bridgehead atoms. The summed E-state index contributed by atoms with van der Waals surface area (Å²) in [4.78, 5) is 8.21. The second-order valence-corrected chi connectivity index (χ2v) is 4.39. The molecule has 0 radical (unpaired) electrons. The van der Waals surface area contributed by atoms with Crippen LogP contribution in [-0.2, 0) is 0 Å². The molecule has 0 saturated heterocycles. The first kappa shape index (κ1) is 6.70. The fourth-order valence-electron chi connectivity index (χ4n) is 2.38. The predicted molar refractivity (Wildman–Crippen MR) is 77.7 cm³/mol. The van der Waals surface area contributed by atoms with E-state index in [-0.39, 0.29) is 17.2 Å². The van der Waals surface area contributed by atoms with E-state index in [1.807, 2.05) is 6.07 Å². The normalized spacial score (nSPS) is 17.2. The number of aryl methyl sites for hydroxylation is 2. The Morgan fingerprint density at radius 1 is 1.15 bits per heavy atom. The van der Waals surface area contributed by atoms with Crippen LogP contribution < -0.4 is 0 Å². The van der Waals surface area contributed by atoms with E-state index in [9.17, 15) is 0 Å². The number of aromatic nitrogens is 3. The van der Waals surface area contributed by atoms with Crippen molar-refractivity contribution in [2.45, 2.75) is 13.7 Å². The van der Waals surface area contributed by atoms with E-state index < -0.39 is 13.7 Å². The monoisotopic (exact) mass is 269 g/mol. The van der Waals surface area contributed by atoms with Crippen LogP contribution >= 0.6 is 0 Å². The summed E-state index contributed by atoms with van der Waals surface area (Å²) in [5.74, 6) is -0.347. The highest BCUT2D eigenvalue weighted by atomic mass is 16.3. The summed E-state index contributed by atoms with van der Waals surface area (Å²) >= 11 is 0. The van der Waals surface area contributed by atoms with E-state index >= 15 is 0 Å². The average Bonchev–Trinajstić information content (AvgIpc) is 3.10. The summed E-state index contributed by atoms with van der Waals surface area (Å²) in [5.41, 5.74) is 1.57. The maximum atomic E-state index is 7.77. The number of imidazole rings is 1. The van der Waals surface area contributed by atoms with Crippen LogP contribution in [0.3, 0.4) is 0 Å². The molecule has 3 aromatic heterocycles. The first-order chi connectivity index (χ1) is 12.2. The second-order valence-electron chi connectivity index (χ2n) is 4.39. The lowest BCUT2D eigenvalue weighted by molar-refractivity contribution is 0.652. The molecule has 0 amide bonds. The van der Waals surface area contributed by atoms with E-state index in [4.69, 9.17) is 12.6 Å². The number of hydrogen-bond acceptors (Lipinski definition) is 3. The minimum Gasteiger partial charge on any atom is -0.436 e. The zero-order chi connectivity index (χ0) is 18.7. The van der Waals surface area contributed by atoms with Gasteiger partial charge in [-0.2, -0.15) is 0 Å². The Morgan fingerprint density at radius 3 is 2.95 bits per heavy atom. The molecule has 0 spiro atoms. The summed E-state index contributed by atoms with van der Waals surface area (Å²) in [6, 6.07) is 10.5. The molecule has 0 aliphatic heterocycles. The first-order valence-electron chi connectivity index (χ1n) is 9.04. The quantitative estimate of drug-likeness (QED) is 0.528. The Kier molecular flexibility index (Phi) is 1.32. The standard InChI is InChI=1S/C16H13N3O/c1-10-16-19(11(2)18-10)15-12(6-5-8-14(15)20-16)13-7-3-4-9-17-13/h3-9H,1-2H3/i1D3,2D3. The third kappa shape index (κ3) is 1.42. The number of pyridine rings is 1. The largest absolute Gasteiger partial charge is 0.436 e. The van der Waals surface area contributed by atoms with Gasteiger partial charge in [0.05, 0.1) is 5.69 Å². The molecule has 20 heavy (non-hydrogen) atoms. The number of benzene rings is 1. The van der Waals surface area contributed by atoms with Crippen molar-refractivity contribution in [2.24, 2.45) is 0 Å². The van der Waals surface area contributed by atoms with Crippen molar-refractivity contribution in [2.75, 3.05) is 0 Å². The summed E-state index contributed by atoms with van der Waals surface area (Å²) < 4.78 is 53.3. The summed E-state index contributed by atoms with van der Waals surface area (Å²) in [6.45, 7) is -5.21. The van der Waals surface area contributed by atoms with E-state index in [1.54, 1.807) is 36.5 Å². The molecule has 0 unspecified atom stereocenters. The van der Waals surface area contributed by atoms with Crippen molar-refractivity contribution in [3.8, 4) is 11.3 Å². The van der Waals surface area contributed by atoms with Gasteiger partial charge in [0.25, 0.3) is 0 Å². The minimum absolute atomic E-state index is 0.0884. The number of nitrogens with zero attached hydrogens (tertiary/aromatic N) is 3. The topological polar surface area (TPSA) is 43.3 Å². The Hall–Kier alpha value is -2.62. The summed E-state index contributed by atoms with van der Waals surface area (Å²) in [5, 5.41) is 0. The van der Waals surface area contributed by atoms with Gasteiger partial charge in [0, 0.05) is 20.0 Å². The third-order valence-electron chi connectivity index (χ3n) is 3.21. The molecule has 0 aliphatic carbocycles. The molecule has 4 rings (SSSR count). The van der Waals surface area contributed by atoms with E-state index in [0.717, 1.165) is 0 Å². The van der Waals surface area contributed by atoms with Crippen LogP contribution in [0.15, 0.2) is 47.0 Å². The fraction of sp³-hybridized carbons (Fsp3) is 0.125. The fourth-order valence-corrected chi connectivity index (χ4v) is 2.38. The lowest BCUT2D eigenvalue weighted by atomic mass is 10.1. The highest BCUT2D eigenvalue weighted by Crippen LogP contribution is 2.31. The van der Waals surface area contributed by atoms with Gasteiger partial charge in [0.15, 0.2) is 5.58 Å². The molecule has 1 aromatic carbocycles. The zero-order valence-corrected chi connectivity index (χ0v) is 10.3. The van der Waals surface area contributed by atoms with Crippen LogP contribution in [0.2, 0.25) is 0 Å². The van der Waals surface area contributed by atoms with Crippen molar-refractivity contribution >= 4 is 16.8 Å². The van der Waals surface area contributed by atoms with Crippen molar-refractivity contribution in [1.29, 1.82) is 0 Å². The van der Waals surface area contributed by atoms with Gasteiger partial charge >= 0.3 is 0 Å². The molecule has 4 heteroatoms. The second kappa shape index (κ2) is 3.93. The Morgan fingerprint density at radius 2 is 2.15 bits per heavy atom. The van der Waals surface area contributed by atoms with Gasteiger partial charge in [-0.15, -0.1) is 0 Å². The predicted octanol–water partition coefficient (Wildman–Crippen LogP) is 3.76. The van der Waals surface area contributed by atoms with Crippen molar-refractivity contribution in [1.82, 2.24) is 14.4 Å². The number of oxazole rings is 1. The van der Waals surface area contributed by atoms with Gasteiger partial charge in [0.1, 0.15) is 17.0 Å². The number of para-hydroxylation sites is 1. The van der Waals surface area contributed by atoms with Gasteiger partial charge in [-0.3, -0.25) is 9.38 Å². The SMILES string of the molecule is [2H]C([2H])([2H])c1nc(C([2H])([2H])[2H])n2c1oc1cccc(-c3ccccn3)c12. The highest BCUT2D eigenvalue weighted by molar-refractivity contribution is 5.92. The average molecular weight is 269 g/mol.